The highest BCUT2D eigenvalue weighted by molar-refractivity contribution is 5.98. The SMILES string of the molecule is CC#CC(=O)N1CCNC(=O)C1c1ccc(OC(F)(F)F)cc1. The summed E-state index contributed by atoms with van der Waals surface area (Å²) in [5.74, 6) is 3.51. The zero-order valence-electron chi connectivity index (χ0n) is 12.1. The van der Waals surface area contributed by atoms with Crippen LogP contribution in [0.4, 0.5) is 13.2 Å². The molecule has 8 heteroatoms. The van der Waals surface area contributed by atoms with E-state index in [1.165, 1.54) is 24.0 Å². The minimum Gasteiger partial charge on any atom is -0.406 e. The third-order valence-corrected chi connectivity index (χ3v) is 3.13. The van der Waals surface area contributed by atoms with Crippen molar-refractivity contribution in [2.45, 2.75) is 19.3 Å². The molecule has 1 aromatic carbocycles. The van der Waals surface area contributed by atoms with E-state index in [1.54, 1.807) is 0 Å². The van der Waals surface area contributed by atoms with Crippen molar-refractivity contribution < 1.29 is 27.5 Å². The lowest BCUT2D eigenvalue weighted by Gasteiger charge is -2.34. The topological polar surface area (TPSA) is 58.6 Å². The molecular formula is C15H13F3N2O3. The summed E-state index contributed by atoms with van der Waals surface area (Å²) in [6.07, 6.45) is -4.79. The van der Waals surface area contributed by atoms with E-state index >= 15 is 0 Å². The van der Waals surface area contributed by atoms with E-state index < -0.39 is 30.0 Å². The van der Waals surface area contributed by atoms with Crippen LogP contribution in [0.3, 0.4) is 0 Å². The Morgan fingerprint density at radius 3 is 2.57 bits per heavy atom. The van der Waals surface area contributed by atoms with Gasteiger partial charge in [0.05, 0.1) is 0 Å². The van der Waals surface area contributed by atoms with E-state index in [9.17, 15) is 22.8 Å². The lowest BCUT2D eigenvalue weighted by Crippen LogP contribution is -2.51. The number of hydrogen-bond donors (Lipinski definition) is 1. The number of piperazine rings is 1. The summed E-state index contributed by atoms with van der Waals surface area (Å²) in [6, 6.07) is 3.89. The van der Waals surface area contributed by atoms with Gasteiger partial charge in [0.1, 0.15) is 11.8 Å². The molecule has 23 heavy (non-hydrogen) atoms. The van der Waals surface area contributed by atoms with Gasteiger partial charge in [0, 0.05) is 13.1 Å². The fourth-order valence-corrected chi connectivity index (χ4v) is 2.25. The molecule has 0 bridgehead atoms. The smallest absolute Gasteiger partial charge is 0.406 e. The van der Waals surface area contributed by atoms with Gasteiger partial charge in [0.25, 0.3) is 5.91 Å². The Hall–Kier alpha value is -2.69. The minimum absolute atomic E-state index is 0.269. The Morgan fingerprint density at radius 2 is 2.00 bits per heavy atom. The number of halogens is 3. The average Bonchev–Trinajstić information content (AvgIpc) is 2.47. The van der Waals surface area contributed by atoms with Crippen LogP contribution in [0.25, 0.3) is 0 Å². The summed E-state index contributed by atoms with van der Waals surface area (Å²) < 4.78 is 40.3. The first-order chi connectivity index (χ1) is 10.8. The Labute approximate surface area is 130 Å². The molecule has 0 spiro atoms. The molecule has 0 saturated carbocycles. The van der Waals surface area contributed by atoms with Crippen LogP contribution in [-0.2, 0) is 9.59 Å². The van der Waals surface area contributed by atoms with E-state index in [-0.39, 0.29) is 6.54 Å². The Balaban J connectivity index is 2.26. The minimum atomic E-state index is -4.79. The predicted octanol–water partition coefficient (Wildman–Crippen LogP) is 1.61. The molecule has 1 saturated heterocycles. The van der Waals surface area contributed by atoms with E-state index in [0.717, 1.165) is 12.1 Å². The lowest BCUT2D eigenvalue weighted by molar-refractivity contribution is -0.274. The first kappa shape index (κ1) is 16.7. The lowest BCUT2D eigenvalue weighted by atomic mass is 10.0. The maximum Gasteiger partial charge on any atom is 0.573 e. The third-order valence-electron chi connectivity index (χ3n) is 3.13. The Kier molecular flexibility index (Phi) is 4.79. The van der Waals surface area contributed by atoms with E-state index in [4.69, 9.17) is 0 Å². The van der Waals surface area contributed by atoms with Crippen LogP contribution in [0.2, 0.25) is 0 Å². The summed E-state index contributed by atoms with van der Waals surface area (Å²) in [6.45, 7) is 2.06. The van der Waals surface area contributed by atoms with Crippen molar-refractivity contribution in [2.24, 2.45) is 0 Å². The molecule has 1 fully saturated rings. The molecule has 1 heterocycles. The molecule has 122 valence electrons. The average molecular weight is 326 g/mol. The predicted molar refractivity (Wildman–Crippen MR) is 74.0 cm³/mol. The van der Waals surface area contributed by atoms with Gasteiger partial charge in [-0.1, -0.05) is 18.1 Å². The second-order valence-electron chi connectivity index (χ2n) is 4.68. The quantitative estimate of drug-likeness (QED) is 0.840. The molecule has 1 aliphatic heterocycles. The van der Waals surface area contributed by atoms with Gasteiger partial charge >= 0.3 is 6.36 Å². The van der Waals surface area contributed by atoms with Gasteiger partial charge in [0.2, 0.25) is 5.91 Å². The van der Waals surface area contributed by atoms with Crippen LogP contribution in [0.1, 0.15) is 18.5 Å². The molecule has 0 aromatic heterocycles. The molecular weight excluding hydrogens is 313 g/mol. The monoisotopic (exact) mass is 326 g/mol. The highest BCUT2D eigenvalue weighted by atomic mass is 19.4. The molecule has 1 N–H and O–H groups in total. The Bertz CT molecular complexity index is 659. The van der Waals surface area contributed by atoms with Crippen molar-refractivity contribution in [3.8, 4) is 17.6 Å². The maximum absolute atomic E-state index is 12.2. The van der Waals surface area contributed by atoms with Crippen LogP contribution < -0.4 is 10.1 Å². The molecule has 1 aromatic rings. The van der Waals surface area contributed by atoms with Crippen molar-refractivity contribution in [2.75, 3.05) is 13.1 Å². The van der Waals surface area contributed by atoms with Crippen LogP contribution in [0.5, 0.6) is 5.75 Å². The fourth-order valence-electron chi connectivity index (χ4n) is 2.25. The first-order valence-electron chi connectivity index (χ1n) is 6.68. The highest BCUT2D eigenvalue weighted by Crippen LogP contribution is 2.27. The van der Waals surface area contributed by atoms with Crippen molar-refractivity contribution >= 4 is 11.8 Å². The van der Waals surface area contributed by atoms with E-state index in [0.29, 0.717) is 12.1 Å². The largest absolute Gasteiger partial charge is 0.573 e. The van der Waals surface area contributed by atoms with E-state index in [1.807, 2.05) is 0 Å². The number of nitrogens with one attached hydrogen (secondary N) is 1. The normalized spacial score (nSPS) is 17.8. The van der Waals surface area contributed by atoms with Gasteiger partial charge in [-0.3, -0.25) is 9.59 Å². The number of alkyl halides is 3. The van der Waals surface area contributed by atoms with Gasteiger partial charge in [0.15, 0.2) is 0 Å². The second-order valence-corrected chi connectivity index (χ2v) is 4.68. The number of benzene rings is 1. The number of nitrogens with zero attached hydrogens (tertiary/aromatic N) is 1. The van der Waals surface area contributed by atoms with Gasteiger partial charge < -0.3 is 15.0 Å². The van der Waals surface area contributed by atoms with Gasteiger partial charge in [-0.2, -0.15) is 0 Å². The van der Waals surface area contributed by atoms with Crippen LogP contribution in [0.15, 0.2) is 24.3 Å². The summed E-state index contributed by atoms with van der Waals surface area (Å²) in [4.78, 5) is 25.3. The van der Waals surface area contributed by atoms with Gasteiger partial charge in [-0.25, -0.2) is 0 Å². The maximum atomic E-state index is 12.2. The highest BCUT2D eigenvalue weighted by Gasteiger charge is 2.34. The van der Waals surface area contributed by atoms with Crippen molar-refractivity contribution in [3.63, 3.8) is 0 Å². The number of carbonyl (C=O) groups is 2. The second kappa shape index (κ2) is 6.60. The number of hydrogen-bond acceptors (Lipinski definition) is 3. The van der Waals surface area contributed by atoms with Crippen LogP contribution >= 0.6 is 0 Å². The van der Waals surface area contributed by atoms with E-state index in [2.05, 4.69) is 21.9 Å². The summed E-state index contributed by atoms with van der Waals surface area (Å²) in [5.41, 5.74) is 0.378. The molecule has 1 aliphatic rings. The number of ether oxygens (including phenoxy) is 1. The molecule has 5 nitrogen and oxygen atoms in total. The molecule has 1 atom stereocenters. The summed E-state index contributed by atoms with van der Waals surface area (Å²) >= 11 is 0. The number of carbonyl (C=O) groups excluding carboxylic acids is 2. The van der Waals surface area contributed by atoms with Gasteiger partial charge in [-0.05, 0) is 30.5 Å². The fraction of sp³-hybridized carbons (Fsp3) is 0.333. The molecule has 2 amide bonds. The molecule has 0 aliphatic carbocycles. The zero-order chi connectivity index (χ0) is 17.0. The third kappa shape index (κ3) is 4.16. The standard InChI is InChI=1S/C15H13F3N2O3/c1-2-3-12(21)20-9-8-19-14(22)13(20)10-4-6-11(7-5-10)23-15(16,17)18/h4-7,13H,8-9H2,1H3,(H,19,22). The van der Waals surface area contributed by atoms with Crippen LogP contribution in [0, 0.1) is 11.8 Å². The number of rotatable bonds is 2. The first-order valence-corrected chi connectivity index (χ1v) is 6.68. The van der Waals surface area contributed by atoms with Crippen molar-refractivity contribution in [1.82, 2.24) is 10.2 Å². The van der Waals surface area contributed by atoms with Crippen molar-refractivity contribution in [1.29, 1.82) is 0 Å². The molecule has 0 radical (unpaired) electrons. The zero-order valence-corrected chi connectivity index (χ0v) is 12.1. The molecule has 2 rings (SSSR count). The van der Waals surface area contributed by atoms with Gasteiger partial charge in [-0.15, -0.1) is 13.2 Å². The summed E-state index contributed by atoms with van der Waals surface area (Å²) in [7, 11) is 0. The number of amides is 2. The van der Waals surface area contributed by atoms with Crippen LogP contribution in [-0.4, -0.2) is 36.2 Å². The molecule has 1 unspecified atom stereocenters. The summed E-state index contributed by atoms with van der Waals surface area (Å²) in [5, 5.41) is 2.62. The Morgan fingerprint density at radius 1 is 1.35 bits per heavy atom. The van der Waals surface area contributed by atoms with Crippen molar-refractivity contribution in [3.05, 3.63) is 29.8 Å².